The number of carbonyl (C=O) groups excluding carboxylic acids is 1. The third kappa shape index (κ3) is 3.95. The summed E-state index contributed by atoms with van der Waals surface area (Å²) in [6.45, 7) is 5.45. The number of aryl methyl sites for hydroxylation is 1. The molecule has 174 valence electrons. The number of rotatable bonds is 6. The molecule has 0 unspecified atom stereocenters. The first-order valence-electron chi connectivity index (χ1n) is 10.1. The number of nitriles is 1. The number of benzene rings is 1. The maximum absolute atomic E-state index is 13.2. The van der Waals surface area contributed by atoms with E-state index >= 15 is 0 Å². The van der Waals surface area contributed by atoms with Gasteiger partial charge in [0.2, 0.25) is 5.78 Å². The Bertz CT molecular complexity index is 1580. The molecule has 0 fully saturated rings. The third-order valence-electron chi connectivity index (χ3n) is 5.13. The van der Waals surface area contributed by atoms with E-state index in [1.807, 2.05) is 13.8 Å². The van der Waals surface area contributed by atoms with Crippen LogP contribution in [-0.4, -0.2) is 24.3 Å². The van der Waals surface area contributed by atoms with Crippen LogP contribution in [0.1, 0.15) is 51.9 Å². The number of carbonyl (C=O) groups is 1. The Morgan fingerprint density at radius 3 is 2.47 bits per heavy atom. The second-order valence-corrected chi connectivity index (χ2v) is 10.5. The minimum atomic E-state index is -3.92. The summed E-state index contributed by atoms with van der Waals surface area (Å²) >= 11 is 1.08. The van der Waals surface area contributed by atoms with Gasteiger partial charge in [0, 0.05) is 17.0 Å². The van der Waals surface area contributed by atoms with E-state index in [2.05, 4.69) is 20.9 Å². The zero-order chi connectivity index (χ0) is 24.8. The van der Waals surface area contributed by atoms with Crippen molar-refractivity contribution in [2.45, 2.75) is 31.6 Å². The molecule has 4 rings (SSSR count). The zero-order valence-electron chi connectivity index (χ0n) is 18.4. The first-order valence-corrected chi connectivity index (χ1v) is 12.4. The van der Waals surface area contributed by atoms with Crippen LogP contribution in [0.15, 0.2) is 39.8 Å². The Kier molecular flexibility index (Phi) is 5.76. The molecule has 0 amide bonds. The monoisotopic (exact) mass is 496 g/mol. The number of thiophene rings is 1. The van der Waals surface area contributed by atoms with Crippen LogP contribution in [0.4, 0.5) is 17.3 Å². The van der Waals surface area contributed by atoms with Crippen molar-refractivity contribution in [3.8, 4) is 6.07 Å². The molecular weight excluding hydrogens is 476 g/mol. The molecule has 0 saturated heterocycles. The lowest BCUT2D eigenvalue weighted by Gasteiger charge is -2.12. The predicted octanol–water partition coefficient (Wildman–Crippen LogP) is 3.78. The average Bonchev–Trinajstić information content (AvgIpc) is 3.33. The molecule has 0 aliphatic heterocycles. The Balaban J connectivity index is 1.71. The van der Waals surface area contributed by atoms with Crippen molar-refractivity contribution in [1.29, 1.82) is 5.26 Å². The summed E-state index contributed by atoms with van der Waals surface area (Å²) in [5, 5.41) is 13.7. The van der Waals surface area contributed by atoms with E-state index in [-0.39, 0.29) is 44.1 Å². The van der Waals surface area contributed by atoms with Crippen LogP contribution in [0.2, 0.25) is 0 Å². The van der Waals surface area contributed by atoms with Gasteiger partial charge in [-0.2, -0.15) is 5.26 Å². The first kappa shape index (κ1) is 23.2. The zero-order valence-corrected chi connectivity index (χ0v) is 20.0. The van der Waals surface area contributed by atoms with Crippen molar-refractivity contribution in [2.24, 2.45) is 0 Å². The van der Waals surface area contributed by atoms with Gasteiger partial charge in [0.1, 0.15) is 27.4 Å². The number of nitrogen functional groups attached to an aromatic ring is 2. The fourth-order valence-electron chi connectivity index (χ4n) is 3.59. The fourth-order valence-corrected chi connectivity index (χ4v) is 5.66. The summed E-state index contributed by atoms with van der Waals surface area (Å²) in [5.41, 5.74) is 13.7. The number of sulfonamides is 1. The van der Waals surface area contributed by atoms with Gasteiger partial charge in [0.15, 0.2) is 5.82 Å². The number of nitrogens with two attached hydrogens (primary N) is 2. The molecule has 34 heavy (non-hydrogen) atoms. The molecule has 0 atom stereocenters. The summed E-state index contributed by atoms with van der Waals surface area (Å²) in [5.74, 6) is 0.130. The molecule has 5 N–H and O–H groups in total. The van der Waals surface area contributed by atoms with Crippen molar-refractivity contribution in [1.82, 2.24) is 10.1 Å². The molecule has 0 saturated carbocycles. The number of aromatic nitrogens is 2. The molecule has 12 heteroatoms. The van der Waals surface area contributed by atoms with Crippen molar-refractivity contribution in [3.05, 3.63) is 57.7 Å². The molecule has 0 bridgehead atoms. The minimum absolute atomic E-state index is 0.0517. The molecule has 0 radical (unpaired) electrons. The van der Waals surface area contributed by atoms with Crippen LogP contribution in [0, 0.1) is 18.3 Å². The fraction of sp³-hybridized carbons (Fsp3) is 0.182. The van der Waals surface area contributed by atoms with Crippen molar-refractivity contribution < 1.29 is 17.7 Å². The maximum atomic E-state index is 13.2. The topological polar surface area (TPSA) is 178 Å². The number of anilines is 3. The van der Waals surface area contributed by atoms with E-state index < -0.39 is 15.8 Å². The number of hydrogen-bond donors (Lipinski definition) is 3. The van der Waals surface area contributed by atoms with E-state index in [4.69, 9.17) is 16.0 Å². The Morgan fingerprint density at radius 1 is 1.24 bits per heavy atom. The normalized spacial score (nSPS) is 11.6. The van der Waals surface area contributed by atoms with Gasteiger partial charge in [-0.3, -0.25) is 9.52 Å². The lowest BCUT2D eigenvalue weighted by Crippen LogP contribution is -2.13. The van der Waals surface area contributed by atoms with Crippen molar-refractivity contribution in [3.63, 3.8) is 0 Å². The van der Waals surface area contributed by atoms with Gasteiger partial charge in [-0.15, -0.1) is 11.3 Å². The summed E-state index contributed by atoms with van der Waals surface area (Å²) in [4.78, 5) is 18.2. The minimum Gasteiger partial charge on any atom is -0.397 e. The van der Waals surface area contributed by atoms with Crippen LogP contribution in [0.3, 0.4) is 0 Å². The number of nitrogens with one attached hydrogen (secondary N) is 1. The number of nitrogens with zero attached hydrogens (tertiary/aromatic N) is 3. The number of ketones is 1. The highest BCUT2D eigenvalue weighted by molar-refractivity contribution is 7.92. The van der Waals surface area contributed by atoms with Gasteiger partial charge in [-0.25, -0.2) is 13.4 Å². The van der Waals surface area contributed by atoms with Crippen LogP contribution in [0.5, 0.6) is 0 Å². The van der Waals surface area contributed by atoms with Gasteiger partial charge < -0.3 is 16.0 Å². The SMILES string of the molecule is Cc1cc(NS(=O)(=O)c2ccc(C(=O)c3sc4nc(N)c(C#N)c(C(C)C)c4c3N)cc2)no1. The van der Waals surface area contributed by atoms with Gasteiger partial charge in [-0.1, -0.05) is 19.0 Å². The Morgan fingerprint density at radius 2 is 1.91 bits per heavy atom. The molecule has 3 heterocycles. The largest absolute Gasteiger partial charge is 0.397 e. The van der Waals surface area contributed by atoms with Gasteiger partial charge >= 0.3 is 0 Å². The van der Waals surface area contributed by atoms with Crippen LogP contribution < -0.4 is 16.2 Å². The van der Waals surface area contributed by atoms with Gasteiger partial charge in [-0.05, 0) is 42.7 Å². The highest BCUT2D eigenvalue weighted by Gasteiger charge is 2.25. The quantitative estimate of drug-likeness (QED) is 0.335. The van der Waals surface area contributed by atoms with E-state index in [1.54, 1.807) is 6.92 Å². The van der Waals surface area contributed by atoms with Crippen molar-refractivity contribution in [2.75, 3.05) is 16.2 Å². The third-order valence-corrected chi connectivity index (χ3v) is 7.60. The highest BCUT2D eigenvalue weighted by Crippen LogP contribution is 2.41. The lowest BCUT2D eigenvalue weighted by molar-refractivity contribution is 0.104. The predicted molar refractivity (Wildman–Crippen MR) is 129 cm³/mol. The van der Waals surface area contributed by atoms with Gasteiger partial charge in [0.05, 0.1) is 16.1 Å². The molecule has 3 aromatic heterocycles. The van der Waals surface area contributed by atoms with Crippen LogP contribution in [0.25, 0.3) is 10.2 Å². The lowest BCUT2D eigenvalue weighted by atomic mass is 9.94. The van der Waals surface area contributed by atoms with E-state index in [9.17, 15) is 18.5 Å². The first-order chi connectivity index (χ1) is 16.0. The average molecular weight is 497 g/mol. The standard InChI is InChI=1S/C22H20N6O4S2/c1-10(2)16-14(9-23)21(25)26-22-17(16)18(24)20(33-22)19(29)12-4-6-13(7-5-12)34(30,31)28-15-8-11(3)32-27-15/h4-8,10H,24H2,1-3H3,(H2,25,26)(H,27,28). The molecule has 0 aliphatic rings. The smallest absolute Gasteiger partial charge is 0.263 e. The van der Waals surface area contributed by atoms with Crippen LogP contribution >= 0.6 is 11.3 Å². The van der Waals surface area contributed by atoms with Gasteiger partial charge in [0.25, 0.3) is 10.0 Å². The highest BCUT2D eigenvalue weighted by atomic mass is 32.2. The maximum Gasteiger partial charge on any atom is 0.263 e. The van der Waals surface area contributed by atoms with Crippen LogP contribution in [-0.2, 0) is 10.0 Å². The molecule has 0 spiro atoms. The number of hydrogen-bond acceptors (Lipinski definition) is 10. The Labute approximate surface area is 199 Å². The second-order valence-electron chi connectivity index (χ2n) is 7.86. The summed E-state index contributed by atoms with van der Waals surface area (Å²) in [6, 6.07) is 8.96. The number of pyridine rings is 1. The summed E-state index contributed by atoms with van der Waals surface area (Å²) < 4.78 is 32.3. The summed E-state index contributed by atoms with van der Waals surface area (Å²) in [7, 11) is -3.92. The van der Waals surface area contributed by atoms with E-state index in [1.165, 1.54) is 30.3 Å². The van der Waals surface area contributed by atoms with E-state index in [0.717, 1.165) is 11.3 Å². The molecule has 0 aliphatic carbocycles. The van der Waals surface area contributed by atoms with E-state index in [0.29, 0.717) is 21.5 Å². The number of fused-ring (bicyclic) bond motifs is 1. The second kappa shape index (κ2) is 8.44. The molecular formula is C22H20N6O4S2. The molecule has 4 aromatic rings. The molecule has 10 nitrogen and oxygen atoms in total. The molecule has 1 aromatic carbocycles. The van der Waals surface area contributed by atoms with Crippen molar-refractivity contribution >= 4 is 54.7 Å². The Hall–Kier alpha value is -3.95. The summed E-state index contributed by atoms with van der Waals surface area (Å²) in [6.07, 6.45) is 0.